The van der Waals surface area contributed by atoms with Gasteiger partial charge < -0.3 is 30.7 Å². The van der Waals surface area contributed by atoms with Crippen LogP contribution in [0.5, 0.6) is 0 Å². The van der Waals surface area contributed by atoms with Crippen LogP contribution < -0.4 is 10.6 Å². The molecule has 0 aliphatic rings. The first-order valence-corrected chi connectivity index (χ1v) is 14.8. The number of alkyl carbamates (subject to hydrolysis) is 1. The number of ether oxygens (including phenoxy) is 1. The van der Waals surface area contributed by atoms with E-state index in [-0.39, 0.29) is 5.69 Å². The molecule has 2 amide bonds. The third-order valence-corrected chi connectivity index (χ3v) is 6.22. The van der Waals surface area contributed by atoms with E-state index >= 15 is 0 Å². The quantitative estimate of drug-likeness (QED) is 0.113. The standard InChI is InChI=1S/C15H21NO4.C10H10FNO3.C9H9NO4/c1-15(2,3)20-14(19)16-12(13(17)18)10-9-11-7-5-4-6-8-11;11-8(10(14)15)6-9(13)12-7-4-2-1-3-5-7;1-6(9(11)12)7-2-4-8(5-3-7)10(13)14/h4-8,12H,9-10H2,1-3H3,(H,16,19)(H,17,18);1-5,8H,6H2,(H,12,13)(H,14,15);2-6H,1H3,(H,11,12)/t12-;;/m1../s1. The van der Waals surface area contributed by atoms with Crippen molar-refractivity contribution in [3.05, 3.63) is 106 Å². The van der Waals surface area contributed by atoms with Gasteiger partial charge in [-0.2, -0.15) is 0 Å². The lowest BCUT2D eigenvalue weighted by molar-refractivity contribution is -0.384. The number of rotatable bonds is 12. The van der Waals surface area contributed by atoms with Crippen LogP contribution in [0, 0.1) is 10.1 Å². The van der Waals surface area contributed by atoms with E-state index < -0.39 is 65.0 Å². The van der Waals surface area contributed by atoms with E-state index in [9.17, 15) is 38.5 Å². The van der Waals surface area contributed by atoms with Crippen LogP contribution in [0.15, 0.2) is 84.9 Å². The van der Waals surface area contributed by atoms with E-state index in [1.807, 2.05) is 30.3 Å². The lowest BCUT2D eigenvalue weighted by Gasteiger charge is -2.22. The highest BCUT2D eigenvalue weighted by Crippen LogP contribution is 2.19. The van der Waals surface area contributed by atoms with E-state index in [1.54, 1.807) is 51.1 Å². The number of carbonyl (C=O) groups excluding carboxylic acids is 2. The Morgan fingerprint density at radius 1 is 0.837 bits per heavy atom. The van der Waals surface area contributed by atoms with Gasteiger partial charge in [-0.3, -0.25) is 19.7 Å². The summed E-state index contributed by atoms with van der Waals surface area (Å²) in [6, 6.07) is 22.5. The van der Waals surface area contributed by atoms with Gasteiger partial charge in [0.1, 0.15) is 11.6 Å². The molecule has 0 saturated heterocycles. The molecule has 3 atom stereocenters. The van der Waals surface area contributed by atoms with E-state index in [4.69, 9.17) is 20.1 Å². The Morgan fingerprint density at radius 3 is 1.82 bits per heavy atom. The van der Waals surface area contributed by atoms with Crippen molar-refractivity contribution in [2.24, 2.45) is 0 Å². The number of benzene rings is 3. The van der Waals surface area contributed by atoms with E-state index in [0.29, 0.717) is 24.1 Å². The normalized spacial score (nSPS) is 12.2. The molecule has 0 bridgehead atoms. The number of alkyl halides is 1. The number of non-ortho nitro benzene ring substituents is 1. The second-order valence-corrected chi connectivity index (χ2v) is 11.4. The number of aryl methyl sites for hydroxylation is 1. The highest BCUT2D eigenvalue weighted by Gasteiger charge is 2.24. The molecule has 0 radical (unpaired) electrons. The maximum absolute atomic E-state index is 12.6. The SMILES string of the molecule is CC(C(=O)O)c1ccc([N+](=O)[O-])cc1.CC(C)(C)OC(=O)N[C@H](CCc1ccccc1)C(=O)O.O=C(CC(F)C(=O)O)Nc1ccccc1. The van der Waals surface area contributed by atoms with Gasteiger partial charge >= 0.3 is 24.0 Å². The monoisotopic (exact) mass is 685 g/mol. The summed E-state index contributed by atoms with van der Waals surface area (Å²) in [6.07, 6.45) is -2.65. The zero-order valence-electron chi connectivity index (χ0n) is 27.4. The number of nitrogens with one attached hydrogen (secondary N) is 2. The molecule has 3 aromatic carbocycles. The molecule has 0 saturated carbocycles. The number of aliphatic carboxylic acids is 3. The molecule has 2 unspecified atom stereocenters. The second-order valence-electron chi connectivity index (χ2n) is 11.4. The molecule has 0 aliphatic heterocycles. The van der Waals surface area contributed by atoms with Crippen molar-refractivity contribution in [3.63, 3.8) is 0 Å². The lowest BCUT2D eigenvalue weighted by atomic mass is 10.0. The highest BCUT2D eigenvalue weighted by atomic mass is 19.1. The van der Waals surface area contributed by atoms with E-state index in [2.05, 4.69) is 10.6 Å². The average Bonchev–Trinajstić information content (AvgIpc) is 3.03. The fraction of sp³-hybridized carbons (Fsp3) is 0.324. The summed E-state index contributed by atoms with van der Waals surface area (Å²) in [6.45, 7) is 6.72. The maximum atomic E-state index is 12.6. The van der Waals surface area contributed by atoms with Crippen molar-refractivity contribution < 1.29 is 53.3 Å². The van der Waals surface area contributed by atoms with Crippen LogP contribution >= 0.6 is 0 Å². The molecule has 14 nitrogen and oxygen atoms in total. The average molecular weight is 686 g/mol. The van der Waals surface area contributed by atoms with E-state index in [0.717, 1.165) is 5.56 Å². The third-order valence-electron chi connectivity index (χ3n) is 6.22. The van der Waals surface area contributed by atoms with Gasteiger partial charge in [-0.1, -0.05) is 60.7 Å². The number of nitro benzene ring substituents is 1. The summed E-state index contributed by atoms with van der Waals surface area (Å²) < 4.78 is 17.7. The minimum absolute atomic E-state index is 0.0358. The Hall–Kier alpha value is -5.86. The summed E-state index contributed by atoms with van der Waals surface area (Å²) in [4.78, 5) is 64.4. The van der Waals surface area contributed by atoms with E-state index in [1.165, 1.54) is 31.2 Å². The topological polar surface area (TPSA) is 222 Å². The van der Waals surface area contributed by atoms with Gasteiger partial charge in [0.15, 0.2) is 0 Å². The lowest BCUT2D eigenvalue weighted by Crippen LogP contribution is -2.43. The number of carbonyl (C=O) groups is 5. The summed E-state index contributed by atoms with van der Waals surface area (Å²) in [5, 5.41) is 41.1. The van der Waals surface area contributed by atoms with Gasteiger partial charge in [-0.05, 0) is 63.8 Å². The van der Waals surface area contributed by atoms with Gasteiger partial charge in [0, 0.05) is 17.8 Å². The molecule has 0 fully saturated rings. The summed E-state index contributed by atoms with van der Waals surface area (Å²) in [5.41, 5.74) is 1.42. The number of para-hydroxylation sites is 1. The largest absolute Gasteiger partial charge is 0.481 e. The summed E-state index contributed by atoms with van der Waals surface area (Å²) in [5.74, 6) is -4.93. The molecule has 49 heavy (non-hydrogen) atoms. The van der Waals surface area contributed by atoms with Gasteiger partial charge in [-0.15, -0.1) is 0 Å². The van der Waals surface area contributed by atoms with Crippen molar-refractivity contribution >= 4 is 41.3 Å². The molecule has 5 N–H and O–H groups in total. The third kappa shape index (κ3) is 17.6. The summed E-state index contributed by atoms with van der Waals surface area (Å²) in [7, 11) is 0. The van der Waals surface area contributed by atoms with Gasteiger partial charge in [0.2, 0.25) is 12.1 Å². The molecular weight excluding hydrogens is 645 g/mol. The number of nitro groups is 1. The fourth-order valence-corrected chi connectivity index (χ4v) is 3.67. The van der Waals surface area contributed by atoms with Crippen LogP contribution in [0.25, 0.3) is 0 Å². The van der Waals surface area contributed by atoms with Crippen LogP contribution in [0.1, 0.15) is 57.6 Å². The Labute approximate surface area is 282 Å². The van der Waals surface area contributed by atoms with Crippen LogP contribution in [-0.2, 0) is 30.3 Å². The van der Waals surface area contributed by atoms with Gasteiger partial charge in [0.25, 0.3) is 5.69 Å². The van der Waals surface area contributed by atoms with Crippen molar-refractivity contribution in [2.45, 2.75) is 70.7 Å². The second kappa shape index (κ2) is 20.4. The predicted octanol–water partition coefficient (Wildman–Crippen LogP) is 5.82. The van der Waals surface area contributed by atoms with Crippen molar-refractivity contribution in [2.75, 3.05) is 5.32 Å². The number of amides is 2. The highest BCUT2D eigenvalue weighted by molar-refractivity contribution is 5.93. The number of carboxylic acid groups (broad SMARTS) is 3. The van der Waals surface area contributed by atoms with Gasteiger partial charge in [-0.25, -0.2) is 18.8 Å². The molecule has 3 aromatic rings. The zero-order chi connectivity index (χ0) is 37.1. The number of nitrogens with zero attached hydrogens (tertiary/aromatic N) is 1. The molecule has 0 aromatic heterocycles. The molecule has 3 rings (SSSR count). The fourth-order valence-electron chi connectivity index (χ4n) is 3.67. The molecule has 0 spiro atoms. The van der Waals surface area contributed by atoms with Gasteiger partial charge in [0.05, 0.1) is 17.3 Å². The smallest absolute Gasteiger partial charge is 0.408 e. The maximum Gasteiger partial charge on any atom is 0.408 e. The Balaban J connectivity index is 0.000000375. The molecule has 0 aliphatic carbocycles. The molecular formula is C34H40FN3O11. The predicted molar refractivity (Wildman–Crippen MR) is 177 cm³/mol. The Morgan fingerprint density at radius 2 is 1.37 bits per heavy atom. The Bertz CT molecular complexity index is 1530. The first-order valence-electron chi connectivity index (χ1n) is 14.8. The van der Waals surface area contributed by atoms with Crippen LogP contribution in [0.4, 0.5) is 20.6 Å². The molecule has 15 heteroatoms. The van der Waals surface area contributed by atoms with Crippen LogP contribution in [-0.4, -0.2) is 68.0 Å². The first kappa shape index (κ1) is 41.2. The molecule has 264 valence electrons. The molecule has 0 heterocycles. The zero-order valence-corrected chi connectivity index (χ0v) is 27.4. The minimum atomic E-state index is -2.16. The Kier molecular flexibility index (Phi) is 17.1. The van der Waals surface area contributed by atoms with Crippen LogP contribution in [0.2, 0.25) is 0 Å². The number of hydrogen-bond donors (Lipinski definition) is 5. The van der Waals surface area contributed by atoms with Crippen molar-refractivity contribution in [3.8, 4) is 0 Å². The summed E-state index contributed by atoms with van der Waals surface area (Å²) >= 11 is 0. The van der Waals surface area contributed by atoms with Crippen molar-refractivity contribution in [1.82, 2.24) is 5.32 Å². The first-order chi connectivity index (χ1) is 22.9. The number of anilines is 1. The number of carboxylic acids is 3. The van der Waals surface area contributed by atoms with Crippen LogP contribution in [0.3, 0.4) is 0 Å². The van der Waals surface area contributed by atoms with Crippen molar-refractivity contribution in [1.29, 1.82) is 0 Å². The number of halogens is 1. The minimum Gasteiger partial charge on any atom is -0.481 e. The number of hydrogen-bond acceptors (Lipinski definition) is 8.